The first kappa shape index (κ1) is 35.1. The highest BCUT2D eigenvalue weighted by Gasteiger charge is 2.20. The van der Waals surface area contributed by atoms with Gasteiger partial charge in [-0.1, -0.05) is 140 Å². The summed E-state index contributed by atoms with van der Waals surface area (Å²) in [6.45, 7) is 7.81. The van der Waals surface area contributed by atoms with E-state index in [0.29, 0.717) is 23.2 Å². The van der Waals surface area contributed by atoms with E-state index in [2.05, 4.69) is 131 Å². The molecule has 0 radical (unpaired) electrons. The summed E-state index contributed by atoms with van der Waals surface area (Å²) in [6.07, 6.45) is 0. The molecule has 0 unspecified atom stereocenters. The van der Waals surface area contributed by atoms with Crippen LogP contribution < -0.4 is 0 Å². The Hall–Kier alpha value is -8.72. The van der Waals surface area contributed by atoms with Crippen molar-refractivity contribution in [2.45, 2.75) is 0 Å². The normalized spacial score (nSPS) is 11.8. The molecule has 5 nitrogen and oxygen atoms in total. The van der Waals surface area contributed by atoms with Gasteiger partial charge in [0.05, 0.1) is 12.1 Å². The fraction of sp³-hybridized carbons (Fsp3) is 0. The molecule has 0 aliphatic heterocycles. The first-order valence-electron chi connectivity index (χ1n) is 21.1. The van der Waals surface area contributed by atoms with Crippen molar-refractivity contribution >= 4 is 70.6 Å². The minimum absolute atomic E-state index is 0.647. The van der Waals surface area contributed by atoms with Crippen molar-refractivity contribution in [2.24, 2.45) is 0 Å². The predicted octanol–water partition coefficient (Wildman–Crippen LogP) is 15.3. The van der Waals surface area contributed by atoms with Crippen LogP contribution in [0.2, 0.25) is 0 Å². The Balaban J connectivity index is 0.888. The van der Waals surface area contributed by atoms with Gasteiger partial charge in [0.1, 0.15) is 0 Å². The second-order valence-electron chi connectivity index (χ2n) is 16.3. The van der Waals surface area contributed by atoms with Gasteiger partial charge in [-0.05, 0) is 126 Å². The monoisotopic (exact) mass is 799 g/mol. The van der Waals surface area contributed by atoms with Crippen molar-refractivity contribution in [3.05, 3.63) is 212 Å². The van der Waals surface area contributed by atoms with Crippen LogP contribution in [-0.2, 0) is 0 Å². The lowest BCUT2D eigenvalue weighted by Crippen LogP contribution is -2.00. The number of benzene rings is 11. The Labute approximate surface area is 362 Å². The largest absolute Gasteiger partial charge is 0.310 e. The molecule has 2 heterocycles. The van der Waals surface area contributed by atoms with Crippen molar-refractivity contribution in [3.8, 4) is 62.1 Å². The summed E-state index contributed by atoms with van der Waals surface area (Å²) >= 11 is 0. The first-order valence-corrected chi connectivity index (χ1v) is 21.1. The minimum Gasteiger partial charge on any atom is -0.310 e. The van der Waals surface area contributed by atoms with Crippen LogP contribution in [0.1, 0.15) is 0 Å². The third-order valence-corrected chi connectivity index (χ3v) is 12.6. The van der Waals surface area contributed by atoms with Gasteiger partial charge in [0.2, 0.25) is 0 Å². The quantitative estimate of drug-likeness (QED) is 0.124. The third kappa shape index (κ3) is 5.59. The second-order valence-corrected chi connectivity index (χ2v) is 16.3. The van der Waals surface area contributed by atoms with Gasteiger partial charge < -0.3 is 4.57 Å². The van der Waals surface area contributed by atoms with Crippen molar-refractivity contribution in [3.63, 3.8) is 0 Å². The molecule has 0 saturated heterocycles. The highest BCUT2D eigenvalue weighted by atomic mass is 15.0. The zero-order valence-corrected chi connectivity index (χ0v) is 33.8. The standard InChI is InChI=1S/C58H33N5/c1-59-48-32-44-26-25-43-29-46(33-50-54(43)55(44)51(34-48)63(50)49-15-9-4-10-16-49)36-19-17-35(18-20-36)45-27-39-21-23-41-30-47(31-42-24-22-40(28-45)52(39)53(41)42)58-61-56(37-11-5-2-6-12-37)60-57(62-58)38-13-7-3-8-14-38/h2-34H. The molecule has 13 aromatic rings. The number of nitrogens with zero attached hydrogens (tertiary/aromatic N) is 5. The van der Waals surface area contributed by atoms with Crippen LogP contribution in [0.3, 0.4) is 0 Å². The predicted molar refractivity (Wildman–Crippen MR) is 260 cm³/mol. The van der Waals surface area contributed by atoms with Crippen LogP contribution in [0.25, 0.3) is 132 Å². The smallest absolute Gasteiger partial charge is 0.189 e. The van der Waals surface area contributed by atoms with Gasteiger partial charge in [-0.2, -0.15) is 0 Å². The van der Waals surface area contributed by atoms with Gasteiger partial charge in [-0.25, -0.2) is 19.8 Å². The maximum atomic E-state index is 7.81. The molecule has 0 aliphatic rings. The van der Waals surface area contributed by atoms with E-state index in [1.165, 1.54) is 48.8 Å². The summed E-state index contributed by atoms with van der Waals surface area (Å²) in [4.78, 5) is 18.8. The summed E-state index contributed by atoms with van der Waals surface area (Å²) < 4.78 is 2.32. The number of hydrogen-bond acceptors (Lipinski definition) is 3. The Kier molecular flexibility index (Phi) is 7.60. The van der Waals surface area contributed by atoms with Crippen LogP contribution in [0.4, 0.5) is 5.69 Å². The first-order chi connectivity index (χ1) is 31.1. The van der Waals surface area contributed by atoms with Crippen LogP contribution in [0.15, 0.2) is 200 Å². The van der Waals surface area contributed by atoms with Crippen LogP contribution >= 0.6 is 0 Å². The van der Waals surface area contributed by atoms with E-state index < -0.39 is 0 Å². The van der Waals surface area contributed by atoms with Gasteiger partial charge in [0.25, 0.3) is 0 Å². The molecule has 13 rings (SSSR count). The van der Waals surface area contributed by atoms with Gasteiger partial charge in [0.15, 0.2) is 23.2 Å². The molecular weight excluding hydrogens is 767 g/mol. The van der Waals surface area contributed by atoms with Crippen LogP contribution in [0, 0.1) is 6.57 Å². The molecule has 63 heavy (non-hydrogen) atoms. The van der Waals surface area contributed by atoms with Crippen molar-refractivity contribution in [1.29, 1.82) is 0 Å². The fourth-order valence-electron chi connectivity index (χ4n) is 9.76. The van der Waals surface area contributed by atoms with E-state index in [1.54, 1.807) is 0 Å². The topological polar surface area (TPSA) is 48.0 Å². The Morgan fingerprint density at radius 3 is 1.17 bits per heavy atom. The maximum Gasteiger partial charge on any atom is 0.189 e. The molecule has 290 valence electrons. The molecule has 0 spiro atoms. The minimum atomic E-state index is 0.647. The Morgan fingerprint density at radius 2 is 0.698 bits per heavy atom. The Bertz CT molecular complexity index is 3820. The molecule has 2 aromatic heterocycles. The SMILES string of the molecule is [C-]#[N+]c1cc2ccc3cc(-c4ccc(-c5cc6ccc7cc(-c8nc(-c9ccccc9)nc(-c9ccccc9)n8)cc8ccc(c5)c6c78)cc4)cc4c3c2c(c1)n4-c1ccccc1. The fourth-order valence-corrected chi connectivity index (χ4v) is 9.76. The third-order valence-electron chi connectivity index (χ3n) is 12.6. The molecule has 5 heteroatoms. The second kappa shape index (κ2) is 13.7. The average Bonchev–Trinajstić information content (AvgIpc) is 3.69. The molecule has 0 bridgehead atoms. The molecular formula is C58H33N5. The lowest BCUT2D eigenvalue weighted by Gasteiger charge is -2.15. The number of para-hydroxylation sites is 1. The van der Waals surface area contributed by atoms with E-state index in [-0.39, 0.29) is 0 Å². The molecule has 0 atom stereocenters. The van der Waals surface area contributed by atoms with Crippen molar-refractivity contribution in [2.75, 3.05) is 0 Å². The van der Waals surface area contributed by atoms with E-state index in [1.807, 2.05) is 78.9 Å². The summed E-state index contributed by atoms with van der Waals surface area (Å²) in [5, 5.41) is 11.9. The summed E-state index contributed by atoms with van der Waals surface area (Å²) in [6, 6.07) is 70.7. The van der Waals surface area contributed by atoms with E-state index >= 15 is 0 Å². The molecule has 0 saturated carbocycles. The number of hydrogen-bond donors (Lipinski definition) is 0. The highest BCUT2D eigenvalue weighted by Crippen LogP contribution is 2.44. The van der Waals surface area contributed by atoms with Gasteiger partial charge in [-0.15, -0.1) is 0 Å². The lowest BCUT2D eigenvalue weighted by molar-refractivity contribution is 1.07. The van der Waals surface area contributed by atoms with Crippen LogP contribution in [-0.4, -0.2) is 19.5 Å². The van der Waals surface area contributed by atoms with Crippen molar-refractivity contribution < 1.29 is 0 Å². The maximum absolute atomic E-state index is 7.81. The molecule has 0 N–H and O–H groups in total. The lowest BCUT2D eigenvalue weighted by atomic mass is 9.90. The zero-order valence-electron chi connectivity index (χ0n) is 33.8. The van der Waals surface area contributed by atoms with Gasteiger partial charge in [-0.3, -0.25) is 0 Å². The molecule has 11 aromatic carbocycles. The van der Waals surface area contributed by atoms with E-state index in [9.17, 15) is 0 Å². The van der Waals surface area contributed by atoms with Crippen LogP contribution in [0.5, 0.6) is 0 Å². The Morgan fingerprint density at radius 1 is 0.317 bits per heavy atom. The summed E-state index contributed by atoms with van der Waals surface area (Å²) in [5.74, 6) is 1.96. The zero-order chi connectivity index (χ0) is 41.6. The number of aromatic nitrogens is 4. The summed E-state index contributed by atoms with van der Waals surface area (Å²) in [5.41, 5.74) is 11.5. The van der Waals surface area contributed by atoms with E-state index in [0.717, 1.165) is 60.7 Å². The van der Waals surface area contributed by atoms with Crippen molar-refractivity contribution in [1.82, 2.24) is 19.5 Å². The molecule has 0 aliphatic carbocycles. The number of rotatable bonds is 6. The highest BCUT2D eigenvalue weighted by molar-refractivity contribution is 6.26. The summed E-state index contributed by atoms with van der Waals surface area (Å²) in [7, 11) is 0. The average molecular weight is 800 g/mol. The molecule has 0 fully saturated rings. The molecule has 0 amide bonds. The van der Waals surface area contributed by atoms with Gasteiger partial charge in [0, 0.05) is 38.7 Å². The van der Waals surface area contributed by atoms with Gasteiger partial charge >= 0.3 is 0 Å². The van der Waals surface area contributed by atoms with E-state index in [4.69, 9.17) is 21.5 Å².